The van der Waals surface area contributed by atoms with Crippen molar-refractivity contribution in [3.63, 3.8) is 0 Å². The van der Waals surface area contributed by atoms with E-state index in [2.05, 4.69) is 4.98 Å². The second kappa shape index (κ2) is 3.80. The highest BCUT2D eigenvalue weighted by Gasteiger charge is 2.37. The first kappa shape index (κ1) is 12.0. The number of nitrogen functional groups attached to an aromatic ring is 1. The third-order valence-electron chi connectivity index (χ3n) is 1.50. The topological polar surface area (TPSA) is 38.9 Å². The van der Waals surface area contributed by atoms with Gasteiger partial charge >= 0.3 is 6.18 Å². The number of rotatable bonds is 1. The molecule has 0 aliphatic heterocycles. The zero-order chi connectivity index (χ0) is 11.8. The fourth-order valence-corrected chi connectivity index (χ4v) is 1.07. The molecule has 1 rings (SSSR count). The summed E-state index contributed by atoms with van der Waals surface area (Å²) in [6.07, 6.45) is -8.04. The van der Waals surface area contributed by atoms with Gasteiger partial charge in [-0.25, -0.2) is 13.8 Å². The number of pyridine rings is 1. The zero-order valence-electron chi connectivity index (χ0n) is 6.95. The second-order valence-corrected chi connectivity index (χ2v) is 2.98. The van der Waals surface area contributed by atoms with Crippen LogP contribution >= 0.6 is 11.6 Å². The van der Waals surface area contributed by atoms with E-state index in [4.69, 9.17) is 17.3 Å². The number of anilines is 1. The fourth-order valence-electron chi connectivity index (χ4n) is 0.869. The molecule has 0 unspecified atom stereocenters. The molecule has 0 aromatic carbocycles. The van der Waals surface area contributed by atoms with Crippen molar-refractivity contribution in [2.75, 3.05) is 5.73 Å². The van der Waals surface area contributed by atoms with Crippen LogP contribution < -0.4 is 5.73 Å². The highest BCUT2D eigenvalue weighted by atomic mass is 35.5. The van der Waals surface area contributed by atoms with E-state index in [1.54, 1.807) is 0 Å². The number of aromatic nitrogens is 1. The van der Waals surface area contributed by atoms with Crippen molar-refractivity contribution in [1.82, 2.24) is 4.98 Å². The summed E-state index contributed by atoms with van der Waals surface area (Å²) in [6, 6.07) is 0.613. The summed E-state index contributed by atoms with van der Waals surface area (Å²) in [5, 5.41) is -0.869. The fraction of sp³-hybridized carbons (Fsp3) is 0.286. The minimum Gasteiger partial charge on any atom is -0.397 e. The van der Waals surface area contributed by atoms with Gasteiger partial charge in [-0.1, -0.05) is 11.6 Å². The first-order valence-corrected chi connectivity index (χ1v) is 3.92. The maximum atomic E-state index is 12.2. The summed E-state index contributed by atoms with van der Waals surface area (Å²) in [7, 11) is 0. The Bertz CT molecular complexity index is 376. The Hall–Kier alpha value is -1.11. The van der Waals surface area contributed by atoms with Crippen molar-refractivity contribution < 1.29 is 22.0 Å². The highest BCUT2D eigenvalue weighted by Crippen LogP contribution is 2.37. The van der Waals surface area contributed by atoms with Crippen LogP contribution in [0.25, 0.3) is 0 Å². The van der Waals surface area contributed by atoms with Crippen LogP contribution in [0.5, 0.6) is 0 Å². The monoisotopic (exact) mass is 246 g/mol. The first-order chi connectivity index (χ1) is 6.73. The summed E-state index contributed by atoms with van der Waals surface area (Å²) < 4.78 is 60.9. The summed E-state index contributed by atoms with van der Waals surface area (Å²) in [5.41, 5.74) is 1.83. The third-order valence-corrected chi connectivity index (χ3v) is 1.89. The van der Waals surface area contributed by atoms with Gasteiger partial charge in [0.25, 0.3) is 6.43 Å². The molecule has 0 aliphatic carbocycles. The molecule has 0 aliphatic rings. The molecule has 8 heteroatoms. The van der Waals surface area contributed by atoms with Crippen molar-refractivity contribution in [1.29, 1.82) is 0 Å². The van der Waals surface area contributed by atoms with Crippen molar-refractivity contribution in [3.8, 4) is 0 Å². The Morgan fingerprint density at radius 3 is 2.27 bits per heavy atom. The van der Waals surface area contributed by atoms with Crippen LogP contribution in [0.15, 0.2) is 6.07 Å². The minimum absolute atomic E-state index is 0.575. The standard InChI is InChI=1S/C7H4ClF5N2/c8-4-2(14)1-3(6(9)10)15-5(4)7(11,12)13/h1,6H,(H2,14,15). The number of hydrogen-bond donors (Lipinski definition) is 1. The Labute approximate surface area is 85.9 Å². The molecule has 0 amide bonds. The molecule has 84 valence electrons. The molecule has 2 N–H and O–H groups in total. The van der Waals surface area contributed by atoms with E-state index in [-0.39, 0.29) is 0 Å². The minimum atomic E-state index is -4.91. The summed E-state index contributed by atoms with van der Waals surface area (Å²) in [5.74, 6) is 0. The van der Waals surface area contributed by atoms with Gasteiger partial charge in [0.15, 0.2) is 5.69 Å². The van der Waals surface area contributed by atoms with Crippen molar-refractivity contribution in [2.45, 2.75) is 12.6 Å². The molecule has 1 heterocycles. The molecule has 0 fully saturated rings. The first-order valence-electron chi connectivity index (χ1n) is 3.54. The van der Waals surface area contributed by atoms with E-state index in [1.807, 2.05) is 0 Å². The zero-order valence-corrected chi connectivity index (χ0v) is 7.70. The van der Waals surface area contributed by atoms with Gasteiger partial charge in [-0.2, -0.15) is 13.2 Å². The number of nitrogens with zero attached hydrogens (tertiary/aromatic N) is 1. The van der Waals surface area contributed by atoms with Crippen LogP contribution in [0, 0.1) is 0 Å². The molecule has 0 saturated heterocycles. The van der Waals surface area contributed by atoms with Crippen LogP contribution in [-0.4, -0.2) is 4.98 Å². The van der Waals surface area contributed by atoms with Gasteiger partial charge in [-0.15, -0.1) is 0 Å². The summed E-state index contributed by atoms with van der Waals surface area (Å²) >= 11 is 5.20. The second-order valence-electron chi connectivity index (χ2n) is 2.60. The van der Waals surface area contributed by atoms with Crippen molar-refractivity contribution in [3.05, 3.63) is 22.5 Å². The largest absolute Gasteiger partial charge is 0.434 e. The molecule has 1 aromatic heterocycles. The highest BCUT2D eigenvalue weighted by molar-refractivity contribution is 6.33. The Kier molecular flexibility index (Phi) is 3.03. The van der Waals surface area contributed by atoms with E-state index in [0.29, 0.717) is 6.07 Å². The average Bonchev–Trinajstić information content (AvgIpc) is 2.06. The van der Waals surface area contributed by atoms with Gasteiger partial charge in [-0.3, -0.25) is 0 Å². The van der Waals surface area contributed by atoms with Gasteiger partial charge in [-0.05, 0) is 6.07 Å². The maximum absolute atomic E-state index is 12.2. The molecular formula is C7H4ClF5N2. The molecule has 1 aromatic rings. The molecule has 0 saturated carbocycles. The lowest BCUT2D eigenvalue weighted by Crippen LogP contribution is -2.12. The van der Waals surface area contributed by atoms with E-state index in [1.165, 1.54) is 0 Å². The number of halogens is 6. The van der Waals surface area contributed by atoms with Crippen LogP contribution in [0.4, 0.5) is 27.6 Å². The van der Waals surface area contributed by atoms with Gasteiger partial charge in [0.05, 0.1) is 10.7 Å². The third kappa shape index (κ3) is 2.47. The Morgan fingerprint density at radius 1 is 1.33 bits per heavy atom. The van der Waals surface area contributed by atoms with Crippen LogP contribution in [0.3, 0.4) is 0 Å². The predicted octanol–water partition coefficient (Wildman–Crippen LogP) is 3.27. The quantitative estimate of drug-likeness (QED) is 0.773. The van der Waals surface area contributed by atoms with Crippen molar-refractivity contribution in [2.24, 2.45) is 0 Å². The predicted molar refractivity (Wildman–Crippen MR) is 43.6 cm³/mol. The Balaban J connectivity index is 3.38. The smallest absolute Gasteiger partial charge is 0.397 e. The van der Waals surface area contributed by atoms with Crippen LogP contribution in [0.1, 0.15) is 17.8 Å². The number of hydrogen-bond acceptors (Lipinski definition) is 2. The van der Waals surface area contributed by atoms with E-state index < -0.39 is 34.7 Å². The number of nitrogens with two attached hydrogens (primary N) is 1. The summed E-state index contributed by atoms with van der Waals surface area (Å²) in [6.45, 7) is 0. The maximum Gasteiger partial charge on any atom is 0.434 e. The van der Waals surface area contributed by atoms with E-state index in [9.17, 15) is 22.0 Å². The normalized spacial score (nSPS) is 12.2. The molecule has 0 radical (unpaired) electrons. The van der Waals surface area contributed by atoms with Crippen LogP contribution in [0.2, 0.25) is 5.02 Å². The van der Waals surface area contributed by atoms with E-state index in [0.717, 1.165) is 0 Å². The molecule has 0 spiro atoms. The van der Waals surface area contributed by atoms with Gasteiger partial charge in [0.2, 0.25) is 0 Å². The van der Waals surface area contributed by atoms with Crippen LogP contribution in [-0.2, 0) is 6.18 Å². The number of alkyl halides is 5. The average molecular weight is 247 g/mol. The molecule has 0 bridgehead atoms. The van der Waals surface area contributed by atoms with Gasteiger partial charge in [0, 0.05) is 0 Å². The van der Waals surface area contributed by atoms with E-state index >= 15 is 0 Å². The van der Waals surface area contributed by atoms with Crippen molar-refractivity contribution >= 4 is 17.3 Å². The lowest BCUT2D eigenvalue weighted by molar-refractivity contribution is -0.141. The molecular weight excluding hydrogens is 243 g/mol. The molecule has 15 heavy (non-hydrogen) atoms. The lowest BCUT2D eigenvalue weighted by atomic mass is 10.2. The molecule has 2 nitrogen and oxygen atoms in total. The lowest BCUT2D eigenvalue weighted by Gasteiger charge is -2.11. The van der Waals surface area contributed by atoms with Gasteiger partial charge in [0.1, 0.15) is 5.69 Å². The van der Waals surface area contributed by atoms with Gasteiger partial charge < -0.3 is 5.73 Å². The molecule has 0 atom stereocenters. The SMILES string of the molecule is Nc1cc(C(F)F)nc(C(F)(F)F)c1Cl. The Morgan fingerprint density at radius 2 is 1.87 bits per heavy atom. The summed E-state index contributed by atoms with van der Waals surface area (Å²) in [4.78, 5) is 2.72.